The first-order valence-electron chi connectivity index (χ1n) is 8.89. The predicted molar refractivity (Wildman–Crippen MR) is 96.3 cm³/mol. The van der Waals surface area contributed by atoms with Crippen molar-refractivity contribution < 1.29 is 14.3 Å². The number of imidazole rings is 1. The molecule has 26 heavy (non-hydrogen) atoms. The lowest BCUT2D eigenvalue weighted by Crippen LogP contribution is -2.49. The number of hydrogen-bond donors (Lipinski definition) is 1. The highest BCUT2D eigenvalue weighted by Gasteiger charge is 2.32. The van der Waals surface area contributed by atoms with Crippen molar-refractivity contribution >= 4 is 17.5 Å². The highest BCUT2D eigenvalue weighted by molar-refractivity contribution is 6.03. The number of carbonyl (C=O) groups excluding carboxylic acids is 2. The molecule has 1 unspecified atom stereocenters. The number of amides is 2. The number of rotatable bonds is 2. The van der Waals surface area contributed by atoms with Gasteiger partial charge in [-0.2, -0.15) is 0 Å². The van der Waals surface area contributed by atoms with Crippen LogP contribution in [-0.4, -0.2) is 41.1 Å². The molecule has 2 aliphatic rings. The van der Waals surface area contributed by atoms with E-state index in [9.17, 15) is 9.59 Å². The van der Waals surface area contributed by atoms with Crippen LogP contribution >= 0.6 is 0 Å². The van der Waals surface area contributed by atoms with E-state index < -0.39 is 6.04 Å². The molecule has 1 aromatic heterocycles. The number of fused-ring (bicyclic) bond motifs is 2. The Morgan fingerprint density at radius 2 is 2.15 bits per heavy atom. The number of anilines is 1. The molecular weight excluding hydrogens is 332 g/mol. The van der Waals surface area contributed by atoms with Crippen LogP contribution in [0.25, 0.3) is 0 Å². The topological polar surface area (TPSA) is 76.5 Å². The first-order chi connectivity index (χ1) is 12.5. The van der Waals surface area contributed by atoms with E-state index in [-0.39, 0.29) is 18.4 Å². The number of carbonyl (C=O) groups is 2. The van der Waals surface area contributed by atoms with Crippen LogP contribution in [0.4, 0.5) is 5.69 Å². The Morgan fingerprint density at radius 3 is 3.00 bits per heavy atom. The third-order valence-electron chi connectivity index (χ3n) is 5.13. The summed E-state index contributed by atoms with van der Waals surface area (Å²) in [6.45, 7) is 3.14. The molecule has 0 radical (unpaired) electrons. The monoisotopic (exact) mass is 354 g/mol. The van der Waals surface area contributed by atoms with Gasteiger partial charge in [-0.05, 0) is 30.9 Å². The Bertz CT molecular complexity index is 860. The van der Waals surface area contributed by atoms with E-state index in [1.54, 1.807) is 13.4 Å². The molecule has 7 nitrogen and oxygen atoms in total. The summed E-state index contributed by atoms with van der Waals surface area (Å²) in [5, 5.41) is 2.81. The molecule has 7 heteroatoms. The van der Waals surface area contributed by atoms with Crippen LogP contribution < -0.4 is 15.0 Å². The zero-order valence-corrected chi connectivity index (χ0v) is 14.9. The van der Waals surface area contributed by atoms with Crippen LogP contribution in [0.1, 0.15) is 29.5 Å². The standard InChI is InChI=1S/C19H22N4O3/c1-12-7-8-23-11-20-17(15(23)9-12)18(24)21-13-10-26-16-6-4-3-5-14(16)22(2)19(13)25/h3-6,11-13H,7-10H2,1-2H3,(H,21,24)/t12?,13-/m0/s1. The normalized spacial score (nSPS) is 22.1. The number of hydrogen-bond acceptors (Lipinski definition) is 4. The van der Waals surface area contributed by atoms with Crippen LogP contribution in [0.3, 0.4) is 0 Å². The van der Waals surface area contributed by atoms with Crippen LogP contribution in [0.2, 0.25) is 0 Å². The Morgan fingerprint density at radius 1 is 1.35 bits per heavy atom. The number of aryl methyl sites for hydroxylation is 1. The summed E-state index contributed by atoms with van der Waals surface area (Å²) in [5.41, 5.74) is 2.05. The van der Waals surface area contributed by atoms with Gasteiger partial charge in [0.1, 0.15) is 24.1 Å². The minimum atomic E-state index is -0.752. The Balaban J connectivity index is 1.54. The summed E-state index contributed by atoms with van der Waals surface area (Å²) >= 11 is 0. The quantitative estimate of drug-likeness (QED) is 0.889. The minimum absolute atomic E-state index is 0.0956. The van der Waals surface area contributed by atoms with Crippen molar-refractivity contribution in [3.8, 4) is 5.75 Å². The summed E-state index contributed by atoms with van der Waals surface area (Å²) in [6.07, 6.45) is 3.62. The van der Waals surface area contributed by atoms with Gasteiger partial charge < -0.3 is 19.5 Å². The number of nitrogens with zero attached hydrogens (tertiary/aromatic N) is 3. The van der Waals surface area contributed by atoms with Gasteiger partial charge in [0.25, 0.3) is 11.8 Å². The SMILES string of the molecule is CC1CCn2cnc(C(=O)N[C@H]3COc4ccccc4N(C)C3=O)c2C1. The summed E-state index contributed by atoms with van der Waals surface area (Å²) < 4.78 is 7.78. The summed E-state index contributed by atoms with van der Waals surface area (Å²) in [4.78, 5) is 31.4. The van der Waals surface area contributed by atoms with Crippen molar-refractivity contribution in [1.82, 2.24) is 14.9 Å². The molecule has 0 spiro atoms. The largest absolute Gasteiger partial charge is 0.489 e. The van der Waals surface area contributed by atoms with Gasteiger partial charge in [-0.1, -0.05) is 19.1 Å². The Labute approximate surface area is 152 Å². The molecular formula is C19H22N4O3. The average molecular weight is 354 g/mol. The van der Waals surface area contributed by atoms with Crippen molar-refractivity contribution in [1.29, 1.82) is 0 Å². The van der Waals surface area contributed by atoms with Gasteiger partial charge in [0, 0.05) is 13.6 Å². The summed E-state index contributed by atoms with van der Waals surface area (Å²) in [5.74, 6) is 0.626. The number of aromatic nitrogens is 2. The maximum Gasteiger partial charge on any atom is 0.272 e. The van der Waals surface area contributed by atoms with Crippen molar-refractivity contribution in [3.05, 3.63) is 42.0 Å². The smallest absolute Gasteiger partial charge is 0.272 e. The minimum Gasteiger partial charge on any atom is -0.489 e. The van der Waals surface area contributed by atoms with E-state index in [2.05, 4.69) is 17.2 Å². The molecule has 2 amide bonds. The van der Waals surface area contributed by atoms with E-state index >= 15 is 0 Å². The van der Waals surface area contributed by atoms with Crippen molar-refractivity contribution in [3.63, 3.8) is 0 Å². The molecule has 2 atom stereocenters. The molecule has 0 aliphatic carbocycles. The lowest BCUT2D eigenvalue weighted by molar-refractivity contribution is -0.120. The first-order valence-corrected chi connectivity index (χ1v) is 8.89. The Hall–Kier alpha value is -2.83. The lowest BCUT2D eigenvalue weighted by Gasteiger charge is -2.22. The fourth-order valence-corrected chi connectivity index (χ4v) is 3.58. The second kappa shape index (κ2) is 6.48. The van der Waals surface area contributed by atoms with Crippen molar-refractivity contribution in [2.24, 2.45) is 5.92 Å². The fourth-order valence-electron chi connectivity index (χ4n) is 3.58. The molecule has 1 aromatic carbocycles. The zero-order valence-electron chi connectivity index (χ0n) is 14.9. The molecule has 2 aliphatic heterocycles. The second-order valence-electron chi connectivity index (χ2n) is 7.03. The van der Waals surface area contributed by atoms with Crippen molar-refractivity contribution in [2.45, 2.75) is 32.4 Å². The predicted octanol–water partition coefficient (Wildman–Crippen LogP) is 1.62. The second-order valence-corrected chi connectivity index (χ2v) is 7.03. The molecule has 0 saturated carbocycles. The van der Waals surface area contributed by atoms with Gasteiger partial charge in [-0.25, -0.2) is 4.98 Å². The lowest BCUT2D eigenvalue weighted by atomic mass is 9.97. The number of likely N-dealkylation sites (N-methyl/N-ethyl adjacent to an activating group) is 1. The van der Waals surface area contributed by atoms with Gasteiger partial charge >= 0.3 is 0 Å². The molecule has 3 heterocycles. The summed E-state index contributed by atoms with van der Waals surface area (Å²) in [7, 11) is 1.69. The van der Waals surface area contributed by atoms with Crippen LogP contribution in [0, 0.1) is 5.92 Å². The van der Waals surface area contributed by atoms with Crippen LogP contribution in [0.15, 0.2) is 30.6 Å². The van der Waals surface area contributed by atoms with Crippen molar-refractivity contribution in [2.75, 3.05) is 18.6 Å². The highest BCUT2D eigenvalue weighted by atomic mass is 16.5. The van der Waals surface area contributed by atoms with E-state index in [1.807, 2.05) is 28.8 Å². The highest BCUT2D eigenvalue weighted by Crippen LogP contribution is 2.30. The van der Waals surface area contributed by atoms with Gasteiger partial charge in [0.15, 0.2) is 0 Å². The van der Waals surface area contributed by atoms with E-state index in [0.717, 1.165) is 25.1 Å². The molecule has 136 valence electrons. The van der Waals surface area contributed by atoms with Gasteiger partial charge in [0.05, 0.1) is 17.7 Å². The third-order valence-corrected chi connectivity index (χ3v) is 5.13. The number of ether oxygens (including phenoxy) is 1. The molecule has 4 rings (SSSR count). The van der Waals surface area contributed by atoms with Gasteiger partial charge in [0.2, 0.25) is 0 Å². The number of nitrogens with one attached hydrogen (secondary N) is 1. The molecule has 2 aromatic rings. The van der Waals surface area contributed by atoms with Gasteiger partial charge in [-0.15, -0.1) is 0 Å². The molecule has 0 fully saturated rings. The van der Waals surface area contributed by atoms with E-state index in [0.29, 0.717) is 23.0 Å². The third kappa shape index (κ3) is 2.83. The molecule has 0 bridgehead atoms. The zero-order chi connectivity index (χ0) is 18.3. The average Bonchev–Trinajstić information content (AvgIpc) is 3.02. The maximum absolute atomic E-state index is 12.8. The van der Waals surface area contributed by atoms with E-state index in [4.69, 9.17) is 4.74 Å². The van der Waals surface area contributed by atoms with E-state index in [1.165, 1.54) is 4.90 Å². The number of benzene rings is 1. The Kier molecular flexibility index (Phi) is 4.14. The first kappa shape index (κ1) is 16.6. The van der Waals surface area contributed by atoms with Crippen LogP contribution in [-0.2, 0) is 17.8 Å². The van der Waals surface area contributed by atoms with Gasteiger partial charge in [-0.3, -0.25) is 9.59 Å². The fraction of sp³-hybridized carbons (Fsp3) is 0.421. The molecule has 0 saturated heterocycles. The number of para-hydroxylation sites is 2. The van der Waals surface area contributed by atoms with Crippen LogP contribution in [0.5, 0.6) is 5.75 Å². The molecule has 1 N–H and O–H groups in total. The maximum atomic E-state index is 12.8. The summed E-state index contributed by atoms with van der Waals surface area (Å²) in [6, 6.07) is 6.59.